The highest BCUT2D eigenvalue weighted by Gasteiger charge is 2.26. The third-order valence-electron chi connectivity index (χ3n) is 3.87. The Hall–Kier alpha value is -2.02. The number of esters is 1. The van der Waals surface area contributed by atoms with Crippen molar-refractivity contribution >= 4 is 5.97 Å². The van der Waals surface area contributed by atoms with Gasteiger partial charge in [-0.1, -0.05) is 53.7 Å². The van der Waals surface area contributed by atoms with Crippen molar-refractivity contribution in [1.82, 2.24) is 0 Å². The van der Waals surface area contributed by atoms with Gasteiger partial charge in [0.1, 0.15) is 5.75 Å². The minimum atomic E-state index is -0.290. The molecule has 0 unspecified atom stereocenters. The molecule has 0 saturated heterocycles. The maximum absolute atomic E-state index is 11.7. The van der Waals surface area contributed by atoms with Gasteiger partial charge >= 0.3 is 5.97 Å². The Labute approximate surface area is 145 Å². The van der Waals surface area contributed by atoms with Crippen molar-refractivity contribution in [2.45, 2.75) is 65.2 Å². The highest BCUT2D eigenvalue weighted by atomic mass is 16.5. The standard InChI is InChI=1S/C20H29NO3/c1-19(2,3)15-12-14(8-9-17(22)24-11-10-21-7)13-16(18(15)23)20(4,5)6/h12-13,23H,8-11H2,1-6H3. The summed E-state index contributed by atoms with van der Waals surface area (Å²) in [5.41, 5.74) is 2.44. The van der Waals surface area contributed by atoms with Crippen molar-refractivity contribution in [3.8, 4) is 5.75 Å². The van der Waals surface area contributed by atoms with E-state index in [9.17, 15) is 9.90 Å². The third-order valence-corrected chi connectivity index (χ3v) is 3.87. The number of nitrogens with zero attached hydrogens (tertiary/aromatic N) is 1. The number of aryl methyl sites for hydroxylation is 1. The summed E-state index contributed by atoms with van der Waals surface area (Å²) in [6, 6.07) is 3.97. The molecule has 1 aromatic rings. The summed E-state index contributed by atoms with van der Waals surface area (Å²) in [6.45, 7) is 19.4. The number of phenolic OH excluding ortho intramolecular Hbond substituents is 1. The number of rotatable bonds is 5. The quantitative estimate of drug-likeness (QED) is 0.495. The van der Waals surface area contributed by atoms with E-state index in [-0.39, 0.29) is 36.4 Å². The lowest BCUT2D eigenvalue weighted by atomic mass is 9.78. The summed E-state index contributed by atoms with van der Waals surface area (Å²) in [6.07, 6.45) is 0.833. The summed E-state index contributed by atoms with van der Waals surface area (Å²) in [5.74, 6) is 0.0553. The van der Waals surface area contributed by atoms with Crippen LogP contribution in [-0.4, -0.2) is 24.2 Å². The number of hydrogen-bond acceptors (Lipinski definition) is 3. The lowest BCUT2D eigenvalue weighted by molar-refractivity contribution is -0.143. The van der Waals surface area contributed by atoms with Gasteiger partial charge in [0, 0.05) is 6.42 Å². The first-order chi connectivity index (χ1) is 11.0. The normalized spacial score (nSPS) is 11.9. The predicted octanol–water partition coefficient (Wildman–Crippen LogP) is 4.38. The smallest absolute Gasteiger partial charge is 0.306 e. The van der Waals surface area contributed by atoms with Crippen LogP contribution in [-0.2, 0) is 26.8 Å². The van der Waals surface area contributed by atoms with Crippen LogP contribution in [0.5, 0.6) is 5.75 Å². The molecule has 0 atom stereocenters. The van der Waals surface area contributed by atoms with E-state index in [1.165, 1.54) is 0 Å². The van der Waals surface area contributed by atoms with Gasteiger partial charge < -0.3 is 14.7 Å². The van der Waals surface area contributed by atoms with Crippen LogP contribution in [0.4, 0.5) is 0 Å². The van der Waals surface area contributed by atoms with Crippen LogP contribution in [0.15, 0.2) is 12.1 Å². The minimum Gasteiger partial charge on any atom is -0.507 e. The molecular weight excluding hydrogens is 302 g/mol. The number of hydrogen-bond donors (Lipinski definition) is 1. The molecule has 0 radical (unpaired) electrons. The second kappa shape index (κ2) is 7.70. The van der Waals surface area contributed by atoms with Crippen LogP contribution < -0.4 is 0 Å². The third kappa shape index (κ3) is 5.56. The molecular formula is C20H29NO3. The Morgan fingerprint density at radius 1 is 1.12 bits per heavy atom. The zero-order chi connectivity index (χ0) is 18.5. The van der Waals surface area contributed by atoms with E-state index in [1.54, 1.807) is 0 Å². The molecule has 0 aliphatic heterocycles. The largest absolute Gasteiger partial charge is 0.507 e. The first-order valence-corrected chi connectivity index (χ1v) is 8.32. The highest BCUT2D eigenvalue weighted by Crippen LogP contribution is 2.39. The number of carbonyl (C=O) groups is 1. The van der Waals surface area contributed by atoms with E-state index in [0.717, 1.165) is 16.7 Å². The van der Waals surface area contributed by atoms with Gasteiger partial charge in [0.2, 0.25) is 6.54 Å². The van der Waals surface area contributed by atoms with E-state index in [2.05, 4.69) is 46.4 Å². The Balaban J connectivity index is 3.04. The van der Waals surface area contributed by atoms with Gasteiger partial charge in [0.05, 0.1) is 0 Å². The summed E-state index contributed by atoms with van der Waals surface area (Å²) >= 11 is 0. The van der Waals surface area contributed by atoms with Crippen LogP contribution >= 0.6 is 0 Å². The average Bonchev–Trinajstić information content (AvgIpc) is 2.44. The van der Waals surface area contributed by atoms with Crippen LogP contribution in [0.1, 0.15) is 64.7 Å². The van der Waals surface area contributed by atoms with Crippen molar-refractivity contribution in [2.24, 2.45) is 0 Å². The molecule has 24 heavy (non-hydrogen) atoms. The zero-order valence-electron chi connectivity index (χ0n) is 15.7. The molecule has 4 heteroatoms. The molecule has 0 aromatic heterocycles. The van der Waals surface area contributed by atoms with Gasteiger partial charge in [0.25, 0.3) is 0 Å². The van der Waals surface area contributed by atoms with Gasteiger partial charge in [-0.15, -0.1) is 0 Å². The molecule has 0 aliphatic carbocycles. The monoisotopic (exact) mass is 331 g/mol. The number of benzene rings is 1. The van der Waals surface area contributed by atoms with Crippen molar-refractivity contribution in [3.05, 3.63) is 40.2 Å². The molecule has 1 rings (SSSR count). The Kier molecular flexibility index (Phi) is 6.42. The van der Waals surface area contributed by atoms with Crippen molar-refractivity contribution in [1.29, 1.82) is 0 Å². The average molecular weight is 331 g/mol. The minimum absolute atomic E-state index is 0.151. The molecule has 0 spiro atoms. The fourth-order valence-electron chi connectivity index (χ4n) is 2.51. The van der Waals surface area contributed by atoms with Crippen LogP contribution in [0, 0.1) is 6.57 Å². The van der Waals surface area contributed by atoms with Crippen LogP contribution in [0.2, 0.25) is 0 Å². The summed E-state index contributed by atoms with van der Waals surface area (Å²) in [4.78, 5) is 14.9. The Bertz CT molecular complexity index is 593. The fourth-order valence-corrected chi connectivity index (χ4v) is 2.51. The summed E-state index contributed by atoms with van der Waals surface area (Å²) < 4.78 is 5.02. The number of ether oxygens (including phenoxy) is 1. The molecule has 0 heterocycles. The molecule has 1 N–H and O–H groups in total. The number of aromatic hydroxyl groups is 1. The molecule has 0 amide bonds. The van der Waals surface area contributed by atoms with E-state index in [4.69, 9.17) is 11.3 Å². The lowest BCUT2D eigenvalue weighted by Gasteiger charge is -2.28. The van der Waals surface area contributed by atoms with E-state index in [1.807, 2.05) is 12.1 Å². The predicted molar refractivity (Wildman–Crippen MR) is 96.3 cm³/mol. The molecule has 132 valence electrons. The van der Waals surface area contributed by atoms with Gasteiger partial charge in [-0.25, -0.2) is 6.57 Å². The number of carbonyl (C=O) groups excluding carboxylic acids is 1. The molecule has 0 fully saturated rings. The molecule has 0 aliphatic rings. The van der Waals surface area contributed by atoms with Crippen LogP contribution in [0.25, 0.3) is 4.85 Å². The molecule has 0 saturated carbocycles. The lowest BCUT2D eigenvalue weighted by Crippen LogP contribution is -2.18. The SMILES string of the molecule is [C-]#[N+]CCOC(=O)CCc1cc(C(C)(C)C)c(O)c(C(C)(C)C)c1. The van der Waals surface area contributed by atoms with Crippen molar-refractivity contribution < 1.29 is 14.6 Å². The van der Waals surface area contributed by atoms with Gasteiger partial charge in [-0.05, 0) is 33.9 Å². The Morgan fingerprint density at radius 2 is 1.62 bits per heavy atom. The first-order valence-electron chi connectivity index (χ1n) is 8.32. The van der Waals surface area contributed by atoms with Gasteiger partial charge in [-0.3, -0.25) is 4.79 Å². The Morgan fingerprint density at radius 3 is 2.04 bits per heavy atom. The summed E-state index contributed by atoms with van der Waals surface area (Å²) in [7, 11) is 0. The second-order valence-corrected chi connectivity index (χ2v) is 8.14. The van der Waals surface area contributed by atoms with Gasteiger partial charge in [-0.2, -0.15) is 0 Å². The second-order valence-electron chi connectivity index (χ2n) is 8.14. The summed E-state index contributed by atoms with van der Waals surface area (Å²) in [5, 5.41) is 10.7. The van der Waals surface area contributed by atoms with Gasteiger partial charge in [0.15, 0.2) is 6.61 Å². The topological polar surface area (TPSA) is 50.9 Å². The van der Waals surface area contributed by atoms with Crippen molar-refractivity contribution in [2.75, 3.05) is 13.2 Å². The molecule has 0 bridgehead atoms. The number of phenols is 1. The van der Waals surface area contributed by atoms with Crippen molar-refractivity contribution in [3.63, 3.8) is 0 Å². The zero-order valence-corrected chi connectivity index (χ0v) is 15.7. The fraction of sp³-hybridized carbons (Fsp3) is 0.600. The van der Waals surface area contributed by atoms with E-state index >= 15 is 0 Å². The molecule has 4 nitrogen and oxygen atoms in total. The maximum Gasteiger partial charge on any atom is 0.306 e. The van der Waals surface area contributed by atoms with E-state index in [0.29, 0.717) is 12.2 Å². The molecule has 1 aromatic carbocycles. The first kappa shape index (κ1) is 20.0. The highest BCUT2D eigenvalue weighted by molar-refractivity contribution is 5.69. The maximum atomic E-state index is 11.7. The van der Waals surface area contributed by atoms with E-state index < -0.39 is 0 Å². The van der Waals surface area contributed by atoms with Crippen LogP contribution in [0.3, 0.4) is 0 Å².